The van der Waals surface area contributed by atoms with E-state index in [4.69, 9.17) is 0 Å². The summed E-state index contributed by atoms with van der Waals surface area (Å²) in [5, 5.41) is 1.45. The molecule has 39 heavy (non-hydrogen) atoms. The molecule has 0 heterocycles. The Kier molecular flexibility index (Phi) is 5.68. The Balaban J connectivity index is 1.60. The van der Waals surface area contributed by atoms with Crippen LogP contribution in [0.3, 0.4) is 0 Å². The van der Waals surface area contributed by atoms with Crippen LogP contribution in [0.15, 0.2) is 150 Å². The number of sulfone groups is 1. The zero-order chi connectivity index (χ0) is 26.4. The van der Waals surface area contributed by atoms with E-state index in [9.17, 15) is 8.42 Å². The lowest BCUT2D eigenvalue weighted by atomic mass is 9.72. The zero-order valence-corrected chi connectivity index (χ0v) is 22.1. The summed E-state index contributed by atoms with van der Waals surface area (Å²) in [7, 11) is -3.77. The number of benzene rings is 6. The molecular weight excluding hydrogens is 496 g/mol. The second kappa shape index (κ2) is 9.37. The molecule has 0 spiro atoms. The van der Waals surface area contributed by atoms with Gasteiger partial charge in [0.15, 0.2) is 9.84 Å². The molecule has 0 aromatic heterocycles. The molecule has 0 fully saturated rings. The van der Waals surface area contributed by atoms with Crippen molar-refractivity contribution in [2.45, 2.75) is 16.1 Å². The van der Waals surface area contributed by atoms with Gasteiger partial charge in [-0.3, -0.25) is 0 Å². The van der Waals surface area contributed by atoms with Gasteiger partial charge in [-0.1, -0.05) is 133 Å². The zero-order valence-electron chi connectivity index (χ0n) is 21.2. The van der Waals surface area contributed by atoms with Crippen LogP contribution in [-0.2, 0) is 9.84 Å². The van der Waals surface area contributed by atoms with Crippen LogP contribution in [0.5, 0.6) is 0 Å². The fraction of sp³-hybridized carbons (Fsp3) is 0.0556. The van der Waals surface area contributed by atoms with E-state index >= 15 is 0 Å². The van der Waals surface area contributed by atoms with E-state index in [2.05, 4.69) is 66.7 Å². The summed E-state index contributed by atoms with van der Waals surface area (Å²) < 4.78 is 29.3. The lowest BCUT2D eigenvalue weighted by molar-refractivity contribution is 0.571. The molecule has 0 aliphatic heterocycles. The van der Waals surface area contributed by atoms with Crippen LogP contribution >= 0.6 is 0 Å². The Morgan fingerprint density at radius 3 is 1.90 bits per heavy atom. The average molecular weight is 523 g/mol. The smallest absolute Gasteiger partial charge is 0.186 e. The predicted molar refractivity (Wildman–Crippen MR) is 159 cm³/mol. The van der Waals surface area contributed by atoms with E-state index in [0.717, 1.165) is 49.7 Å². The molecule has 7 rings (SSSR count). The summed E-state index contributed by atoms with van der Waals surface area (Å²) in [5.41, 5.74) is 7.11. The van der Waals surface area contributed by atoms with Crippen LogP contribution in [0.1, 0.15) is 27.9 Å². The first kappa shape index (κ1) is 23.6. The summed E-state index contributed by atoms with van der Waals surface area (Å²) in [4.78, 5) is 0.344. The molecule has 6 aromatic rings. The Bertz CT molecular complexity index is 1910. The molecule has 0 unspecified atom stereocenters. The number of hydrogen-bond donors (Lipinski definition) is 0. The predicted octanol–water partition coefficient (Wildman–Crippen LogP) is 8.83. The van der Waals surface area contributed by atoms with E-state index < -0.39 is 21.0 Å². The minimum Gasteiger partial charge on any atom is -0.223 e. The molecule has 1 aliphatic carbocycles. The summed E-state index contributed by atoms with van der Waals surface area (Å²) in [5.74, 6) is -0.402. The lowest BCUT2D eigenvalue weighted by Crippen LogP contribution is -2.27. The maximum Gasteiger partial charge on any atom is 0.186 e. The highest BCUT2D eigenvalue weighted by atomic mass is 32.2. The second-order valence-corrected chi connectivity index (χ2v) is 12.2. The van der Waals surface area contributed by atoms with Crippen molar-refractivity contribution in [3.05, 3.63) is 162 Å². The monoisotopic (exact) mass is 522 g/mol. The van der Waals surface area contributed by atoms with Crippen molar-refractivity contribution in [1.29, 1.82) is 0 Å². The summed E-state index contributed by atoms with van der Waals surface area (Å²) >= 11 is 0. The first-order valence-corrected chi connectivity index (χ1v) is 14.7. The SMILES string of the molecule is O=S(=O)(c1ccccc1)[C@@H]1c2ccccc2-c2cccc(-c3ccccc3)c2[C@H]1c1ccc2ccccc2c1. The van der Waals surface area contributed by atoms with Gasteiger partial charge in [0.1, 0.15) is 5.25 Å². The highest BCUT2D eigenvalue weighted by Crippen LogP contribution is 2.55. The maximum absolute atomic E-state index is 14.7. The van der Waals surface area contributed by atoms with Crippen molar-refractivity contribution in [2.24, 2.45) is 0 Å². The van der Waals surface area contributed by atoms with Crippen molar-refractivity contribution < 1.29 is 8.42 Å². The molecule has 0 saturated heterocycles. The molecule has 0 N–H and O–H groups in total. The lowest BCUT2D eigenvalue weighted by Gasteiger charge is -2.37. The molecular formula is C36H26O2S. The van der Waals surface area contributed by atoms with Crippen LogP contribution in [0.4, 0.5) is 0 Å². The van der Waals surface area contributed by atoms with Crippen LogP contribution in [0.2, 0.25) is 0 Å². The van der Waals surface area contributed by atoms with Crippen molar-refractivity contribution >= 4 is 20.6 Å². The molecule has 2 atom stereocenters. The van der Waals surface area contributed by atoms with Gasteiger partial charge >= 0.3 is 0 Å². The van der Waals surface area contributed by atoms with Crippen LogP contribution in [0, 0.1) is 0 Å². The minimum atomic E-state index is -3.77. The highest BCUT2D eigenvalue weighted by Gasteiger charge is 2.44. The normalized spacial score (nSPS) is 16.4. The summed E-state index contributed by atoms with van der Waals surface area (Å²) in [6, 6.07) is 48.2. The van der Waals surface area contributed by atoms with Crippen LogP contribution in [-0.4, -0.2) is 8.42 Å². The molecule has 3 heteroatoms. The van der Waals surface area contributed by atoms with Gasteiger partial charge in [0, 0.05) is 5.92 Å². The first-order valence-electron chi connectivity index (χ1n) is 13.2. The summed E-state index contributed by atoms with van der Waals surface area (Å²) in [6.45, 7) is 0. The molecule has 2 nitrogen and oxygen atoms in total. The quantitative estimate of drug-likeness (QED) is 0.232. The minimum absolute atomic E-state index is 0.344. The number of rotatable bonds is 4. The summed E-state index contributed by atoms with van der Waals surface area (Å²) in [6.07, 6.45) is 0. The Labute approximate surface area is 229 Å². The van der Waals surface area contributed by atoms with Gasteiger partial charge in [0.2, 0.25) is 0 Å². The van der Waals surface area contributed by atoms with E-state index in [1.165, 1.54) is 0 Å². The van der Waals surface area contributed by atoms with E-state index in [0.29, 0.717) is 4.90 Å². The van der Waals surface area contributed by atoms with Gasteiger partial charge < -0.3 is 0 Å². The maximum atomic E-state index is 14.7. The van der Waals surface area contributed by atoms with Gasteiger partial charge in [0.05, 0.1) is 4.90 Å². The molecule has 0 saturated carbocycles. The van der Waals surface area contributed by atoms with Gasteiger partial charge in [-0.2, -0.15) is 0 Å². The topological polar surface area (TPSA) is 34.1 Å². The highest BCUT2D eigenvalue weighted by molar-refractivity contribution is 7.91. The van der Waals surface area contributed by atoms with E-state index in [1.54, 1.807) is 24.3 Å². The van der Waals surface area contributed by atoms with Crippen molar-refractivity contribution in [2.75, 3.05) is 0 Å². The standard InChI is InChI=1S/C36H26O2S/c37-39(38,29-16-5-2-6-17-29)36-33-19-10-9-18-31(33)32-21-11-20-30(26-13-3-1-4-14-26)35(32)34(36)28-23-22-25-12-7-8-15-27(25)24-28/h1-24,34,36H/t34-,36-/m1/s1. The largest absolute Gasteiger partial charge is 0.223 e. The van der Waals surface area contributed by atoms with Gasteiger partial charge in [0.25, 0.3) is 0 Å². The van der Waals surface area contributed by atoms with Crippen LogP contribution < -0.4 is 0 Å². The number of fused-ring (bicyclic) bond motifs is 4. The molecule has 0 bridgehead atoms. The van der Waals surface area contributed by atoms with Crippen molar-refractivity contribution in [3.63, 3.8) is 0 Å². The number of hydrogen-bond acceptors (Lipinski definition) is 2. The Morgan fingerprint density at radius 1 is 0.487 bits per heavy atom. The van der Waals surface area contributed by atoms with Gasteiger partial charge in [-0.25, -0.2) is 8.42 Å². The van der Waals surface area contributed by atoms with Gasteiger partial charge in [-0.05, 0) is 61.8 Å². The van der Waals surface area contributed by atoms with Gasteiger partial charge in [-0.15, -0.1) is 0 Å². The molecule has 0 amide bonds. The molecule has 6 aromatic carbocycles. The van der Waals surface area contributed by atoms with E-state index in [1.807, 2.05) is 54.6 Å². The molecule has 0 radical (unpaired) electrons. The average Bonchev–Trinajstić information content (AvgIpc) is 3.00. The second-order valence-electron chi connectivity index (χ2n) is 10.1. The third kappa shape index (κ3) is 3.89. The Hall–Kier alpha value is -4.47. The fourth-order valence-electron chi connectivity index (χ4n) is 6.17. The fourth-order valence-corrected chi connectivity index (χ4v) is 8.19. The van der Waals surface area contributed by atoms with E-state index in [-0.39, 0.29) is 0 Å². The van der Waals surface area contributed by atoms with Crippen LogP contribution in [0.25, 0.3) is 33.0 Å². The molecule has 1 aliphatic rings. The third-order valence-corrected chi connectivity index (χ3v) is 10.0. The molecule has 188 valence electrons. The third-order valence-electron chi connectivity index (χ3n) is 7.90. The van der Waals surface area contributed by atoms with Crippen molar-refractivity contribution in [3.8, 4) is 22.3 Å². The van der Waals surface area contributed by atoms with Crippen molar-refractivity contribution in [1.82, 2.24) is 0 Å². The first-order chi connectivity index (χ1) is 19.1. The Morgan fingerprint density at radius 2 is 1.10 bits per heavy atom.